The van der Waals surface area contributed by atoms with Gasteiger partial charge in [-0.15, -0.1) is 6.58 Å². The second kappa shape index (κ2) is 29.3. The molecule has 0 spiro atoms. The van der Waals surface area contributed by atoms with E-state index in [0.717, 1.165) is 13.1 Å². The van der Waals surface area contributed by atoms with Crippen molar-refractivity contribution in [2.45, 2.75) is 6.92 Å². The first-order valence-electron chi connectivity index (χ1n) is 4.85. The summed E-state index contributed by atoms with van der Waals surface area (Å²) < 4.78 is 0. The number of rotatable bonds is 1. The first-order valence-corrected chi connectivity index (χ1v) is 4.85. The maximum atomic E-state index is 3.85. The van der Waals surface area contributed by atoms with Crippen LogP contribution in [-0.2, 0) is 0 Å². The number of hydrogen-bond acceptors (Lipinski definition) is 3. The molecule has 0 saturated carbocycles. The van der Waals surface area contributed by atoms with Gasteiger partial charge in [0.15, 0.2) is 0 Å². The van der Waals surface area contributed by atoms with E-state index in [-0.39, 0.29) is 0 Å². The highest BCUT2D eigenvalue weighted by Gasteiger charge is 1.82. The average molecular weight is 211 g/mol. The molecule has 15 heavy (non-hydrogen) atoms. The highest BCUT2D eigenvalue weighted by atomic mass is 15.0. The fraction of sp³-hybridized carbons (Fsp3) is 0.417. The molecule has 0 unspecified atom stereocenters. The lowest BCUT2D eigenvalue weighted by atomic mass is 10.6. The maximum absolute atomic E-state index is 3.85. The molecule has 0 fully saturated rings. The van der Waals surface area contributed by atoms with Crippen molar-refractivity contribution in [3.8, 4) is 0 Å². The van der Waals surface area contributed by atoms with Crippen LogP contribution in [0.2, 0.25) is 0 Å². The fourth-order valence-corrected chi connectivity index (χ4v) is 0.323. The van der Waals surface area contributed by atoms with E-state index in [0.29, 0.717) is 0 Å². The molecule has 0 atom stereocenters. The van der Waals surface area contributed by atoms with Gasteiger partial charge >= 0.3 is 0 Å². The van der Waals surface area contributed by atoms with Crippen molar-refractivity contribution in [1.82, 2.24) is 10.6 Å². The van der Waals surface area contributed by atoms with Gasteiger partial charge in [-0.3, -0.25) is 4.99 Å². The number of nitrogens with zero attached hydrogens (tertiary/aromatic N) is 1. The van der Waals surface area contributed by atoms with Crippen LogP contribution in [0.15, 0.2) is 43.0 Å². The first-order chi connectivity index (χ1) is 7.24. The smallest absolute Gasteiger partial charge is 0.0825 e. The van der Waals surface area contributed by atoms with Crippen LogP contribution in [0.25, 0.3) is 0 Å². The van der Waals surface area contributed by atoms with E-state index in [4.69, 9.17) is 0 Å². The van der Waals surface area contributed by atoms with E-state index < -0.39 is 0 Å². The van der Waals surface area contributed by atoms with Crippen LogP contribution in [-0.4, -0.2) is 33.5 Å². The lowest BCUT2D eigenvalue weighted by Crippen LogP contribution is -2.04. The van der Waals surface area contributed by atoms with Gasteiger partial charge in [0.2, 0.25) is 0 Å². The Balaban J connectivity index is -0.000000133. The Kier molecular flexibility index (Phi) is 37.7. The van der Waals surface area contributed by atoms with Gasteiger partial charge < -0.3 is 10.6 Å². The minimum absolute atomic E-state index is 0.958. The summed E-state index contributed by atoms with van der Waals surface area (Å²) in [5.74, 6) is 0. The molecule has 1 heterocycles. The summed E-state index contributed by atoms with van der Waals surface area (Å²) in [6.45, 7) is 14.0. The molecule has 0 aromatic rings. The lowest BCUT2D eigenvalue weighted by Gasteiger charge is -1.75. The second-order valence-corrected chi connectivity index (χ2v) is 2.37. The van der Waals surface area contributed by atoms with Gasteiger partial charge in [-0.2, -0.15) is 0 Å². The van der Waals surface area contributed by atoms with Crippen molar-refractivity contribution >= 4 is 6.34 Å². The minimum atomic E-state index is 0.958. The molecular formula is C12H25N3. The highest BCUT2D eigenvalue weighted by Crippen LogP contribution is 1.68. The Bertz CT molecular complexity index is 139. The number of allylic oxidation sites excluding steroid dienone is 3. The molecular weight excluding hydrogens is 186 g/mol. The fourth-order valence-electron chi connectivity index (χ4n) is 0.323. The topological polar surface area (TPSA) is 36.4 Å². The zero-order valence-electron chi connectivity index (χ0n) is 10.3. The highest BCUT2D eigenvalue weighted by molar-refractivity contribution is 5.56. The molecule has 3 heteroatoms. The molecule has 0 aromatic carbocycles. The second-order valence-electron chi connectivity index (χ2n) is 2.37. The van der Waals surface area contributed by atoms with Crippen LogP contribution in [0.1, 0.15) is 6.92 Å². The zero-order chi connectivity index (χ0) is 12.4. The molecule has 1 rings (SSSR count). The molecule has 0 aliphatic carbocycles. The van der Waals surface area contributed by atoms with E-state index in [1.807, 2.05) is 21.0 Å². The molecule has 1 aliphatic rings. The maximum Gasteiger partial charge on any atom is 0.0825 e. The molecule has 1 aliphatic heterocycles. The standard InChI is InChI=1S/C4H6.C3H6N2.C3H6.C2H7N/c1-3-4-2;1-2-5-3-4-1;2*1-3-2/h3-4H,1-2H2;3H,1-2H2,(H,4,5);3H,1H2,2H3;3H,1-2H3. The van der Waals surface area contributed by atoms with Crippen LogP contribution >= 0.6 is 0 Å². The lowest BCUT2D eigenvalue weighted by molar-refractivity contribution is 0.965. The van der Waals surface area contributed by atoms with Crippen LogP contribution < -0.4 is 10.6 Å². The molecule has 2 N–H and O–H groups in total. The van der Waals surface area contributed by atoms with Gasteiger partial charge in [-0.25, -0.2) is 0 Å². The number of nitrogens with one attached hydrogen (secondary N) is 2. The van der Waals surface area contributed by atoms with Gasteiger partial charge in [-0.1, -0.05) is 31.4 Å². The monoisotopic (exact) mass is 211 g/mol. The largest absolute Gasteiger partial charge is 0.375 e. The van der Waals surface area contributed by atoms with Crippen molar-refractivity contribution in [3.05, 3.63) is 38.0 Å². The summed E-state index contributed by atoms with van der Waals surface area (Å²) in [5, 5.41) is 5.68. The molecule has 0 amide bonds. The van der Waals surface area contributed by atoms with Crippen molar-refractivity contribution in [2.24, 2.45) is 4.99 Å². The first kappa shape index (κ1) is 19.3. The van der Waals surface area contributed by atoms with Crippen LogP contribution in [0, 0.1) is 0 Å². The zero-order valence-corrected chi connectivity index (χ0v) is 10.3. The summed E-state index contributed by atoms with van der Waals surface area (Å²) in [6, 6.07) is 0. The van der Waals surface area contributed by atoms with Gasteiger partial charge in [0.05, 0.1) is 12.9 Å². The van der Waals surface area contributed by atoms with Gasteiger partial charge in [0, 0.05) is 6.54 Å². The summed E-state index contributed by atoms with van der Waals surface area (Å²) in [6.07, 6.45) is 6.76. The van der Waals surface area contributed by atoms with E-state index in [1.54, 1.807) is 24.6 Å². The number of hydrogen-bond donors (Lipinski definition) is 2. The van der Waals surface area contributed by atoms with Crippen LogP contribution in [0.4, 0.5) is 0 Å². The Morgan fingerprint density at radius 2 is 1.67 bits per heavy atom. The minimum Gasteiger partial charge on any atom is -0.375 e. The van der Waals surface area contributed by atoms with Gasteiger partial charge in [0.25, 0.3) is 0 Å². The summed E-state index contributed by atoms with van der Waals surface area (Å²) in [4.78, 5) is 3.85. The molecule has 0 radical (unpaired) electrons. The Morgan fingerprint density at radius 1 is 1.27 bits per heavy atom. The summed E-state index contributed by atoms with van der Waals surface area (Å²) in [7, 11) is 3.75. The SMILES string of the molecule is C1=NCCN1.C=CC.C=CC=C.CNC. The van der Waals surface area contributed by atoms with E-state index in [2.05, 4.69) is 35.4 Å². The van der Waals surface area contributed by atoms with E-state index in [9.17, 15) is 0 Å². The molecule has 0 aromatic heterocycles. The third-order valence-corrected chi connectivity index (χ3v) is 0.734. The summed E-state index contributed by atoms with van der Waals surface area (Å²) in [5.41, 5.74) is 0. The normalized spacial score (nSPS) is 9.80. The van der Waals surface area contributed by atoms with Crippen LogP contribution in [0.5, 0.6) is 0 Å². The van der Waals surface area contributed by atoms with Crippen LogP contribution in [0.3, 0.4) is 0 Å². The van der Waals surface area contributed by atoms with Crippen molar-refractivity contribution in [3.63, 3.8) is 0 Å². The molecule has 3 nitrogen and oxygen atoms in total. The number of aliphatic imine (C=N–C) groups is 1. The predicted molar refractivity (Wildman–Crippen MR) is 72.6 cm³/mol. The van der Waals surface area contributed by atoms with E-state index in [1.165, 1.54) is 0 Å². The Hall–Kier alpha value is -1.35. The van der Waals surface area contributed by atoms with Crippen molar-refractivity contribution in [2.75, 3.05) is 27.2 Å². The Labute approximate surface area is 94.7 Å². The van der Waals surface area contributed by atoms with E-state index >= 15 is 0 Å². The quantitative estimate of drug-likeness (QED) is 0.514. The third-order valence-electron chi connectivity index (χ3n) is 0.734. The van der Waals surface area contributed by atoms with Crippen molar-refractivity contribution in [1.29, 1.82) is 0 Å². The van der Waals surface area contributed by atoms with Gasteiger partial charge in [-0.05, 0) is 21.0 Å². The Morgan fingerprint density at radius 3 is 1.73 bits per heavy atom. The summed E-state index contributed by atoms with van der Waals surface area (Å²) >= 11 is 0. The molecule has 0 bridgehead atoms. The average Bonchev–Trinajstić information content (AvgIpc) is 2.78. The molecule has 0 saturated heterocycles. The van der Waals surface area contributed by atoms with Gasteiger partial charge in [0.1, 0.15) is 0 Å². The predicted octanol–water partition coefficient (Wildman–Crippen LogP) is 2.00. The third kappa shape index (κ3) is 66.4. The van der Waals surface area contributed by atoms with Crippen molar-refractivity contribution < 1.29 is 0 Å². The molecule has 88 valence electrons.